The molecule has 4 rings (SSSR count). The summed E-state index contributed by atoms with van der Waals surface area (Å²) < 4.78 is 14.0. The number of aromatic nitrogens is 1. The van der Waals surface area contributed by atoms with E-state index in [2.05, 4.69) is 26.1 Å². The zero-order valence-electron chi connectivity index (χ0n) is 13.1. The summed E-state index contributed by atoms with van der Waals surface area (Å²) in [6.07, 6.45) is -0.0473. The highest BCUT2D eigenvalue weighted by Gasteiger charge is 2.58. The maximum atomic E-state index is 13.4. The lowest BCUT2D eigenvalue weighted by molar-refractivity contribution is -0.136. The minimum Gasteiger partial charge on any atom is -0.378 e. The number of halogens is 3. The van der Waals surface area contributed by atoms with E-state index in [0.29, 0.717) is 16.0 Å². The number of oxime groups is 1. The average Bonchev–Trinajstić information content (AvgIpc) is 3.13. The standard InChI is InChI=1S/C17H10BrClFN3O3/c18-14-3-1-2-12(21-14)13-7-17(26-22-13)8-15(24)23(16(17)25)9-4-5-11(20)10(19)6-9/h1-6H,7-8H2. The Balaban J connectivity index is 1.63. The third kappa shape index (κ3) is 2.69. The molecule has 1 unspecified atom stereocenters. The second-order valence-corrected chi connectivity index (χ2v) is 7.18. The Morgan fingerprint density at radius 1 is 1.23 bits per heavy atom. The van der Waals surface area contributed by atoms with Crippen LogP contribution in [0, 0.1) is 5.82 Å². The summed E-state index contributed by atoms with van der Waals surface area (Å²) >= 11 is 9.05. The third-order valence-corrected chi connectivity index (χ3v) is 4.97. The van der Waals surface area contributed by atoms with Crippen LogP contribution >= 0.6 is 27.5 Å². The highest BCUT2D eigenvalue weighted by Crippen LogP contribution is 2.39. The fourth-order valence-electron chi connectivity index (χ4n) is 2.99. The van der Waals surface area contributed by atoms with Gasteiger partial charge in [-0.3, -0.25) is 9.59 Å². The zero-order valence-corrected chi connectivity index (χ0v) is 15.4. The summed E-state index contributed by atoms with van der Waals surface area (Å²) in [7, 11) is 0. The van der Waals surface area contributed by atoms with Crippen molar-refractivity contribution >= 4 is 50.7 Å². The van der Waals surface area contributed by atoms with E-state index in [9.17, 15) is 14.0 Å². The van der Waals surface area contributed by atoms with E-state index in [1.165, 1.54) is 12.1 Å². The monoisotopic (exact) mass is 437 g/mol. The molecule has 1 saturated heterocycles. The lowest BCUT2D eigenvalue weighted by Crippen LogP contribution is -2.40. The molecule has 2 amide bonds. The van der Waals surface area contributed by atoms with Gasteiger partial charge in [0.15, 0.2) is 0 Å². The van der Waals surface area contributed by atoms with Crippen LogP contribution in [0.4, 0.5) is 10.1 Å². The molecule has 1 aromatic heterocycles. The average molecular weight is 439 g/mol. The van der Waals surface area contributed by atoms with Gasteiger partial charge in [-0.05, 0) is 46.3 Å². The van der Waals surface area contributed by atoms with E-state index in [-0.39, 0.29) is 23.6 Å². The van der Waals surface area contributed by atoms with Gasteiger partial charge in [-0.25, -0.2) is 14.3 Å². The Bertz CT molecular complexity index is 983. The minimum atomic E-state index is -1.41. The van der Waals surface area contributed by atoms with Crippen molar-refractivity contribution in [1.82, 2.24) is 4.98 Å². The highest BCUT2D eigenvalue weighted by atomic mass is 79.9. The molecule has 132 valence electrons. The van der Waals surface area contributed by atoms with Gasteiger partial charge in [-0.15, -0.1) is 0 Å². The maximum Gasteiger partial charge on any atom is 0.281 e. The first-order chi connectivity index (χ1) is 12.4. The Kier molecular flexibility index (Phi) is 4.04. The minimum absolute atomic E-state index is 0.118. The van der Waals surface area contributed by atoms with Gasteiger partial charge in [0.25, 0.3) is 5.91 Å². The molecule has 26 heavy (non-hydrogen) atoms. The van der Waals surface area contributed by atoms with Gasteiger partial charge >= 0.3 is 0 Å². The van der Waals surface area contributed by atoms with Crippen molar-refractivity contribution in [3.8, 4) is 0 Å². The van der Waals surface area contributed by atoms with Gasteiger partial charge in [0, 0.05) is 6.42 Å². The van der Waals surface area contributed by atoms with E-state index >= 15 is 0 Å². The number of imide groups is 1. The van der Waals surface area contributed by atoms with Crippen LogP contribution in [0.5, 0.6) is 0 Å². The number of anilines is 1. The second-order valence-electron chi connectivity index (χ2n) is 5.96. The lowest BCUT2D eigenvalue weighted by Gasteiger charge is -2.19. The molecule has 1 atom stereocenters. The summed E-state index contributed by atoms with van der Waals surface area (Å²) in [6, 6.07) is 8.95. The van der Waals surface area contributed by atoms with Crippen LogP contribution in [-0.2, 0) is 14.4 Å². The molecule has 0 N–H and O–H groups in total. The smallest absolute Gasteiger partial charge is 0.281 e. The molecule has 3 heterocycles. The molecule has 1 fully saturated rings. The number of pyridine rings is 1. The third-order valence-electron chi connectivity index (χ3n) is 4.23. The number of carbonyl (C=O) groups is 2. The molecule has 2 aliphatic rings. The Labute approximate surface area is 160 Å². The largest absolute Gasteiger partial charge is 0.378 e. The van der Waals surface area contributed by atoms with Crippen LogP contribution in [-0.4, -0.2) is 28.1 Å². The van der Waals surface area contributed by atoms with Gasteiger partial charge in [0.1, 0.15) is 16.1 Å². The number of amides is 2. The highest BCUT2D eigenvalue weighted by molar-refractivity contribution is 9.10. The summed E-state index contributed by atoms with van der Waals surface area (Å²) in [6.45, 7) is 0. The van der Waals surface area contributed by atoms with E-state index < -0.39 is 23.2 Å². The summed E-state index contributed by atoms with van der Waals surface area (Å²) in [5.74, 6) is -1.65. The molecular formula is C17H10BrClFN3O3. The van der Waals surface area contributed by atoms with Gasteiger partial charge in [0.2, 0.25) is 11.5 Å². The Morgan fingerprint density at radius 2 is 2.04 bits per heavy atom. The van der Waals surface area contributed by atoms with Crippen LogP contribution in [0.15, 0.2) is 46.2 Å². The fraction of sp³-hybridized carbons (Fsp3) is 0.176. The van der Waals surface area contributed by atoms with Crippen molar-refractivity contribution in [3.05, 3.63) is 57.5 Å². The first kappa shape index (κ1) is 17.1. The van der Waals surface area contributed by atoms with E-state index in [4.69, 9.17) is 16.4 Å². The molecule has 9 heteroatoms. The number of carbonyl (C=O) groups excluding carboxylic acids is 2. The van der Waals surface area contributed by atoms with Gasteiger partial charge < -0.3 is 4.84 Å². The van der Waals surface area contributed by atoms with Gasteiger partial charge in [0.05, 0.1) is 22.8 Å². The molecule has 0 saturated carbocycles. The molecule has 0 aliphatic carbocycles. The molecular weight excluding hydrogens is 429 g/mol. The van der Waals surface area contributed by atoms with Gasteiger partial charge in [-0.1, -0.05) is 22.8 Å². The number of nitrogens with zero attached hydrogens (tertiary/aromatic N) is 3. The predicted molar refractivity (Wildman–Crippen MR) is 95.4 cm³/mol. The SMILES string of the molecule is O=C1CC2(CC(c3cccc(Br)n3)=NO2)C(=O)N1c1ccc(F)c(Cl)c1. The Hall–Kier alpha value is -2.32. The number of benzene rings is 1. The van der Waals surface area contributed by atoms with Gasteiger partial charge in [-0.2, -0.15) is 0 Å². The van der Waals surface area contributed by atoms with Crippen LogP contribution in [0.2, 0.25) is 5.02 Å². The number of hydrogen-bond acceptors (Lipinski definition) is 5. The lowest BCUT2D eigenvalue weighted by atomic mass is 9.94. The molecule has 0 bridgehead atoms. The number of hydrogen-bond donors (Lipinski definition) is 0. The van der Waals surface area contributed by atoms with Crippen molar-refractivity contribution in [3.63, 3.8) is 0 Å². The predicted octanol–water partition coefficient (Wildman–Crippen LogP) is 3.46. The summed E-state index contributed by atoms with van der Waals surface area (Å²) in [5, 5.41) is 3.80. The molecule has 2 aliphatic heterocycles. The van der Waals surface area contributed by atoms with Crippen LogP contribution in [0.1, 0.15) is 18.5 Å². The Morgan fingerprint density at radius 3 is 2.77 bits per heavy atom. The van der Waals surface area contributed by atoms with E-state index in [1.807, 2.05) is 0 Å². The first-order valence-electron chi connectivity index (χ1n) is 7.60. The normalized spacial score (nSPS) is 22.1. The fourth-order valence-corrected chi connectivity index (χ4v) is 3.51. The van der Waals surface area contributed by atoms with Crippen molar-refractivity contribution in [2.45, 2.75) is 18.4 Å². The topological polar surface area (TPSA) is 71.9 Å². The molecule has 2 aromatic rings. The van der Waals surface area contributed by atoms with Crippen molar-refractivity contribution < 1.29 is 18.8 Å². The van der Waals surface area contributed by atoms with E-state index in [1.54, 1.807) is 18.2 Å². The van der Waals surface area contributed by atoms with Crippen LogP contribution < -0.4 is 4.90 Å². The molecule has 1 spiro atoms. The quantitative estimate of drug-likeness (QED) is 0.532. The van der Waals surface area contributed by atoms with Crippen LogP contribution in [0.3, 0.4) is 0 Å². The van der Waals surface area contributed by atoms with Crippen molar-refractivity contribution in [2.24, 2.45) is 5.16 Å². The van der Waals surface area contributed by atoms with Crippen molar-refractivity contribution in [1.29, 1.82) is 0 Å². The summed E-state index contributed by atoms with van der Waals surface area (Å²) in [5.41, 5.74) is -0.177. The zero-order chi connectivity index (χ0) is 18.5. The number of rotatable bonds is 2. The van der Waals surface area contributed by atoms with E-state index in [0.717, 1.165) is 11.0 Å². The summed E-state index contributed by atoms with van der Waals surface area (Å²) in [4.78, 5) is 36.0. The molecule has 0 radical (unpaired) electrons. The molecule has 6 nitrogen and oxygen atoms in total. The van der Waals surface area contributed by atoms with Crippen molar-refractivity contribution in [2.75, 3.05) is 4.90 Å². The molecule has 1 aromatic carbocycles. The van der Waals surface area contributed by atoms with Crippen LogP contribution in [0.25, 0.3) is 0 Å². The first-order valence-corrected chi connectivity index (χ1v) is 8.77. The second kappa shape index (κ2) is 6.14. The maximum absolute atomic E-state index is 13.4.